The maximum atomic E-state index is 10.0. The Morgan fingerprint density at radius 2 is 1.88 bits per heavy atom. The van der Waals surface area contributed by atoms with Crippen molar-refractivity contribution in [3.63, 3.8) is 0 Å². The average Bonchev–Trinajstić information content (AvgIpc) is 2.53. The summed E-state index contributed by atoms with van der Waals surface area (Å²) in [6, 6.07) is 8.03. The fourth-order valence-electron chi connectivity index (χ4n) is 2.66. The Bertz CT molecular complexity index is 698. The SMILES string of the molecule is CCc1ccccc1Nc1nc(N)nc(CN(CC)CC(C)(C)O)n1. The van der Waals surface area contributed by atoms with Crippen molar-refractivity contribution >= 4 is 17.6 Å². The van der Waals surface area contributed by atoms with Crippen LogP contribution in [-0.2, 0) is 13.0 Å². The lowest BCUT2D eigenvalue weighted by molar-refractivity contribution is 0.0346. The van der Waals surface area contributed by atoms with Gasteiger partial charge in [0.2, 0.25) is 11.9 Å². The number of aliphatic hydroxyl groups is 1. The van der Waals surface area contributed by atoms with E-state index in [-0.39, 0.29) is 5.95 Å². The number of aryl methyl sites for hydroxylation is 1. The second kappa shape index (κ2) is 8.22. The van der Waals surface area contributed by atoms with Crippen molar-refractivity contribution in [3.05, 3.63) is 35.7 Å². The molecule has 7 nitrogen and oxygen atoms in total. The fraction of sp³-hybridized carbons (Fsp3) is 0.500. The molecule has 1 aromatic heterocycles. The third kappa shape index (κ3) is 5.95. The van der Waals surface area contributed by atoms with E-state index in [0.717, 1.165) is 18.7 Å². The van der Waals surface area contributed by atoms with Crippen molar-refractivity contribution in [1.29, 1.82) is 0 Å². The van der Waals surface area contributed by atoms with Crippen molar-refractivity contribution in [2.45, 2.75) is 46.3 Å². The summed E-state index contributed by atoms with van der Waals surface area (Å²) in [5, 5.41) is 13.3. The molecule has 7 heteroatoms. The number of benzene rings is 1. The molecule has 0 aliphatic carbocycles. The lowest BCUT2D eigenvalue weighted by Gasteiger charge is -2.27. The van der Waals surface area contributed by atoms with Gasteiger partial charge >= 0.3 is 0 Å². The van der Waals surface area contributed by atoms with Crippen LogP contribution in [0.25, 0.3) is 0 Å². The molecular formula is C18H28N6O. The first kappa shape index (κ1) is 19.1. The molecule has 0 fully saturated rings. The van der Waals surface area contributed by atoms with Gasteiger partial charge in [0.1, 0.15) is 5.82 Å². The Hall–Kier alpha value is -2.25. The maximum Gasteiger partial charge on any atom is 0.232 e. The van der Waals surface area contributed by atoms with Gasteiger partial charge in [0.05, 0.1) is 12.1 Å². The summed E-state index contributed by atoms with van der Waals surface area (Å²) in [6.45, 7) is 9.50. The van der Waals surface area contributed by atoms with Gasteiger partial charge in [0.15, 0.2) is 0 Å². The molecule has 0 radical (unpaired) electrons. The molecular weight excluding hydrogens is 316 g/mol. The summed E-state index contributed by atoms with van der Waals surface area (Å²) in [5.41, 5.74) is 7.22. The second-order valence-corrected chi connectivity index (χ2v) is 6.68. The van der Waals surface area contributed by atoms with E-state index in [4.69, 9.17) is 5.73 Å². The topological polar surface area (TPSA) is 100 Å². The molecule has 0 saturated carbocycles. The fourth-order valence-corrected chi connectivity index (χ4v) is 2.66. The third-order valence-corrected chi connectivity index (χ3v) is 3.77. The largest absolute Gasteiger partial charge is 0.389 e. The van der Waals surface area contributed by atoms with Crippen LogP contribution in [-0.4, -0.2) is 43.6 Å². The van der Waals surface area contributed by atoms with E-state index < -0.39 is 5.60 Å². The number of likely N-dealkylation sites (N-methyl/N-ethyl adjacent to an activating group) is 1. The number of nitrogens with two attached hydrogens (primary N) is 1. The molecule has 1 aromatic carbocycles. The third-order valence-electron chi connectivity index (χ3n) is 3.77. The quantitative estimate of drug-likeness (QED) is 0.676. The molecule has 0 aliphatic heterocycles. The van der Waals surface area contributed by atoms with Gasteiger partial charge in [-0.25, -0.2) is 0 Å². The van der Waals surface area contributed by atoms with E-state index >= 15 is 0 Å². The first-order valence-corrected chi connectivity index (χ1v) is 8.60. The summed E-state index contributed by atoms with van der Waals surface area (Å²) >= 11 is 0. The molecule has 4 N–H and O–H groups in total. The summed E-state index contributed by atoms with van der Waals surface area (Å²) in [4.78, 5) is 15.0. The maximum absolute atomic E-state index is 10.0. The summed E-state index contributed by atoms with van der Waals surface area (Å²) in [5.74, 6) is 1.19. The van der Waals surface area contributed by atoms with Crippen molar-refractivity contribution in [3.8, 4) is 0 Å². The van der Waals surface area contributed by atoms with E-state index in [1.807, 2.05) is 25.1 Å². The minimum atomic E-state index is -0.782. The lowest BCUT2D eigenvalue weighted by atomic mass is 10.1. The van der Waals surface area contributed by atoms with Crippen LogP contribution in [0.2, 0.25) is 0 Å². The van der Waals surface area contributed by atoms with Gasteiger partial charge in [-0.3, -0.25) is 4.90 Å². The number of hydrogen-bond acceptors (Lipinski definition) is 7. The number of para-hydroxylation sites is 1. The monoisotopic (exact) mass is 344 g/mol. The molecule has 136 valence electrons. The highest BCUT2D eigenvalue weighted by Crippen LogP contribution is 2.19. The van der Waals surface area contributed by atoms with Gasteiger partial charge in [0, 0.05) is 12.2 Å². The predicted molar refractivity (Wildman–Crippen MR) is 101 cm³/mol. The normalized spacial score (nSPS) is 11.8. The molecule has 2 aromatic rings. The van der Waals surface area contributed by atoms with E-state index in [1.54, 1.807) is 13.8 Å². The Kier molecular flexibility index (Phi) is 6.27. The van der Waals surface area contributed by atoms with Crippen molar-refractivity contribution in [1.82, 2.24) is 19.9 Å². The molecule has 1 heterocycles. The number of nitrogens with one attached hydrogen (secondary N) is 1. The van der Waals surface area contributed by atoms with Crippen LogP contribution in [0, 0.1) is 0 Å². The zero-order chi connectivity index (χ0) is 18.4. The highest BCUT2D eigenvalue weighted by molar-refractivity contribution is 5.58. The number of anilines is 3. The smallest absolute Gasteiger partial charge is 0.232 e. The zero-order valence-electron chi connectivity index (χ0n) is 15.5. The molecule has 0 bridgehead atoms. The van der Waals surface area contributed by atoms with Gasteiger partial charge in [-0.1, -0.05) is 32.0 Å². The minimum absolute atomic E-state index is 0.181. The molecule has 25 heavy (non-hydrogen) atoms. The highest BCUT2D eigenvalue weighted by atomic mass is 16.3. The van der Waals surface area contributed by atoms with Crippen LogP contribution >= 0.6 is 0 Å². The Labute approximate surface area is 149 Å². The number of rotatable bonds is 8. The number of hydrogen-bond donors (Lipinski definition) is 3. The van der Waals surface area contributed by atoms with E-state index in [2.05, 4.69) is 38.2 Å². The Balaban J connectivity index is 2.19. The number of aromatic nitrogens is 3. The Morgan fingerprint density at radius 3 is 2.52 bits per heavy atom. The average molecular weight is 344 g/mol. The van der Waals surface area contributed by atoms with Gasteiger partial charge in [-0.05, 0) is 38.4 Å². The number of nitrogens with zero attached hydrogens (tertiary/aromatic N) is 4. The van der Waals surface area contributed by atoms with Crippen LogP contribution in [0.15, 0.2) is 24.3 Å². The molecule has 0 atom stereocenters. The van der Waals surface area contributed by atoms with Gasteiger partial charge in [0.25, 0.3) is 0 Å². The first-order valence-electron chi connectivity index (χ1n) is 8.60. The van der Waals surface area contributed by atoms with E-state index in [9.17, 15) is 5.11 Å². The van der Waals surface area contributed by atoms with E-state index in [0.29, 0.717) is 24.9 Å². The standard InChI is InChI=1S/C18H28N6O/c1-5-13-9-7-8-10-14(13)20-17-22-15(21-16(19)23-17)11-24(6-2)12-18(3,4)25/h7-10,25H,5-6,11-12H2,1-4H3,(H3,19,20,21,22,23). The summed E-state index contributed by atoms with van der Waals surface area (Å²) in [7, 11) is 0. The minimum Gasteiger partial charge on any atom is -0.389 e. The number of nitrogen functional groups attached to an aromatic ring is 1. The zero-order valence-corrected chi connectivity index (χ0v) is 15.5. The van der Waals surface area contributed by atoms with E-state index in [1.165, 1.54) is 5.56 Å². The van der Waals surface area contributed by atoms with Crippen molar-refractivity contribution in [2.24, 2.45) is 0 Å². The van der Waals surface area contributed by atoms with Gasteiger partial charge in [-0.2, -0.15) is 15.0 Å². The molecule has 0 aliphatic rings. The summed E-state index contributed by atoms with van der Waals surface area (Å²) < 4.78 is 0. The van der Waals surface area contributed by atoms with Gasteiger partial charge < -0.3 is 16.2 Å². The lowest BCUT2D eigenvalue weighted by Crippen LogP contribution is -2.38. The molecule has 0 spiro atoms. The molecule has 0 unspecified atom stereocenters. The Morgan fingerprint density at radius 1 is 1.16 bits per heavy atom. The first-order chi connectivity index (χ1) is 11.8. The van der Waals surface area contributed by atoms with Crippen LogP contribution in [0.4, 0.5) is 17.6 Å². The predicted octanol–water partition coefficient (Wildman–Crippen LogP) is 2.35. The van der Waals surface area contributed by atoms with Crippen LogP contribution in [0.3, 0.4) is 0 Å². The van der Waals surface area contributed by atoms with Crippen LogP contribution in [0.1, 0.15) is 39.1 Å². The van der Waals surface area contributed by atoms with Crippen molar-refractivity contribution < 1.29 is 5.11 Å². The molecule has 2 rings (SSSR count). The molecule has 0 amide bonds. The summed E-state index contributed by atoms with van der Waals surface area (Å²) in [6.07, 6.45) is 0.909. The van der Waals surface area contributed by atoms with Crippen LogP contribution < -0.4 is 11.1 Å². The second-order valence-electron chi connectivity index (χ2n) is 6.68. The van der Waals surface area contributed by atoms with Crippen molar-refractivity contribution in [2.75, 3.05) is 24.1 Å². The molecule has 0 saturated heterocycles. The van der Waals surface area contributed by atoms with Gasteiger partial charge in [-0.15, -0.1) is 0 Å². The van der Waals surface area contributed by atoms with Crippen LogP contribution in [0.5, 0.6) is 0 Å². The highest BCUT2D eigenvalue weighted by Gasteiger charge is 2.18.